The minimum atomic E-state index is -0.702. The van der Waals surface area contributed by atoms with Crippen molar-refractivity contribution in [3.63, 3.8) is 0 Å². The van der Waals surface area contributed by atoms with Crippen molar-refractivity contribution in [3.05, 3.63) is 41.4 Å². The molecule has 1 atom stereocenters. The van der Waals surface area contributed by atoms with E-state index in [9.17, 15) is 14.7 Å². The predicted octanol–water partition coefficient (Wildman–Crippen LogP) is 2.04. The standard InChI is InChI=1S/C17H22N2O4/c1-17(2,3)15(21)12-13(11-5-7-18-8-6-11)19(9-10-23-4)16(22)14(12)20/h5-8,13,20H,9-10H2,1-4H3. The Kier molecular flexibility index (Phi) is 4.85. The highest BCUT2D eigenvalue weighted by atomic mass is 16.5. The number of hydrogen-bond acceptors (Lipinski definition) is 5. The van der Waals surface area contributed by atoms with E-state index >= 15 is 0 Å². The van der Waals surface area contributed by atoms with Gasteiger partial charge in [0, 0.05) is 31.5 Å². The van der Waals surface area contributed by atoms with Gasteiger partial charge in [-0.2, -0.15) is 0 Å². The number of nitrogens with zero attached hydrogens (tertiary/aromatic N) is 2. The Morgan fingerprint density at radius 1 is 1.35 bits per heavy atom. The van der Waals surface area contributed by atoms with Gasteiger partial charge >= 0.3 is 0 Å². The zero-order valence-corrected chi connectivity index (χ0v) is 13.9. The molecule has 0 fully saturated rings. The van der Waals surface area contributed by atoms with E-state index in [2.05, 4.69) is 4.98 Å². The third-order valence-electron chi connectivity index (χ3n) is 3.79. The summed E-state index contributed by atoms with van der Waals surface area (Å²) >= 11 is 0. The van der Waals surface area contributed by atoms with E-state index in [0.717, 1.165) is 5.56 Å². The van der Waals surface area contributed by atoms with Crippen LogP contribution in [0.1, 0.15) is 32.4 Å². The maximum absolute atomic E-state index is 12.8. The van der Waals surface area contributed by atoms with Gasteiger partial charge < -0.3 is 14.7 Å². The molecule has 1 aliphatic rings. The minimum absolute atomic E-state index is 0.143. The van der Waals surface area contributed by atoms with E-state index in [1.807, 2.05) is 0 Å². The molecular formula is C17H22N2O4. The van der Waals surface area contributed by atoms with Gasteiger partial charge in [0.15, 0.2) is 11.5 Å². The number of rotatable bonds is 5. The third-order valence-corrected chi connectivity index (χ3v) is 3.79. The molecule has 23 heavy (non-hydrogen) atoms. The monoisotopic (exact) mass is 318 g/mol. The van der Waals surface area contributed by atoms with E-state index in [1.54, 1.807) is 45.3 Å². The van der Waals surface area contributed by atoms with Crippen LogP contribution in [0.2, 0.25) is 0 Å². The van der Waals surface area contributed by atoms with Crippen molar-refractivity contribution >= 4 is 11.7 Å². The molecule has 0 aromatic carbocycles. The fraction of sp³-hybridized carbons (Fsp3) is 0.471. The lowest BCUT2D eigenvalue weighted by atomic mass is 9.82. The molecule has 0 saturated heterocycles. The highest BCUT2D eigenvalue weighted by molar-refractivity contribution is 6.10. The Balaban J connectivity index is 2.52. The molecule has 1 N–H and O–H groups in total. The Bertz CT molecular complexity index is 632. The second-order valence-corrected chi connectivity index (χ2v) is 6.52. The molecule has 2 heterocycles. The fourth-order valence-electron chi connectivity index (χ4n) is 2.60. The predicted molar refractivity (Wildman–Crippen MR) is 84.7 cm³/mol. The van der Waals surface area contributed by atoms with Gasteiger partial charge in [-0.3, -0.25) is 14.6 Å². The average molecular weight is 318 g/mol. The van der Waals surface area contributed by atoms with Crippen molar-refractivity contribution in [2.75, 3.05) is 20.3 Å². The lowest BCUT2D eigenvalue weighted by Gasteiger charge is -2.28. The topological polar surface area (TPSA) is 79.7 Å². The van der Waals surface area contributed by atoms with Crippen LogP contribution in [-0.4, -0.2) is 46.9 Å². The van der Waals surface area contributed by atoms with E-state index in [0.29, 0.717) is 6.61 Å². The van der Waals surface area contributed by atoms with Crippen LogP contribution in [0.4, 0.5) is 0 Å². The molecule has 1 aromatic heterocycles. The number of aliphatic hydroxyl groups is 1. The maximum atomic E-state index is 12.8. The number of carbonyl (C=O) groups is 2. The molecule has 1 aliphatic heterocycles. The Morgan fingerprint density at radius 2 is 1.96 bits per heavy atom. The number of ether oxygens (including phenoxy) is 1. The van der Waals surface area contributed by atoms with E-state index in [-0.39, 0.29) is 17.9 Å². The van der Waals surface area contributed by atoms with E-state index in [1.165, 1.54) is 12.0 Å². The van der Waals surface area contributed by atoms with Crippen LogP contribution in [0.5, 0.6) is 0 Å². The molecule has 1 aromatic rings. The first kappa shape index (κ1) is 17.1. The van der Waals surface area contributed by atoms with Crippen molar-refractivity contribution in [2.45, 2.75) is 26.8 Å². The van der Waals surface area contributed by atoms with Crippen LogP contribution >= 0.6 is 0 Å². The van der Waals surface area contributed by atoms with Crippen LogP contribution in [0.15, 0.2) is 35.9 Å². The second kappa shape index (κ2) is 6.50. The summed E-state index contributed by atoms with van der Waals surface area (Å²) in [7, 11) is 1.54. The molecule has 0 radical (unpaired) electrons. The molecule has 1 unspecified atom stereocenters. The number of amides is 1. The zero-order chi connectivity index (χ0) is 17.2. The summed E-state index contributed by atoms with van der Waals surface area (Å²) in [4.78, 5) is 30.6. The van der Waals surface area contributed by atoms with Gasteiger partial charge in [0.2, 0.25) is 0 Å². The summed E-state index contributed by atoms with van der Waals surface area (Å²) in [6.45, 7) is 5.90. The first-order valence-corrected chi connectivity index (χ1v) is 7.46. The van der Waals surface area contributed by atoms with Gasteiger partial charge in [-0.25, -0.2) is 0 Å². The number of Topliss-reactive ketones (excluding diaryl/α,β-unsaturated/α-hetero) is 1. The van der Waals surface area contributed by atoms with Crippen molar-refractivity contribution in [2.24, 2.45) is 5.41 Å². The molecule has 0 spiro atoms. The highest BCUT2D eigenvalue weighted by Gasteiger charge is 2.45. The van der Waals surface area contributed by atoms with Gasteiger partial charge in [-0.1, -0.05) is 20.8 Å². The van der Waals surface area contributed by atoms with Crippen molar-refractivity contribution in [1.82, 2.24) is 9.88 Å². The summed E-state index contributed by atoms with van der Waals surface area (Å²) in [5, 5.41) is 10.3. The van der Waals surface area contributed by atoms with Gasteiger partial charge in [-0.15, -0.1) is 0 Å². The quantitative estimate of drug-likeness (QED) is 0.898. The van der Waals surface area contributed by atoms with Gasteiger partial charge in [-0.05, 0) is 17.7 Å². The number of pyridine rings is 1. The maximum Gasteiger partial charge on any atom is 0.290 e. The van der Waals surface area contributed by atoms with E-state index in [4.69, 9.17) is 4.74 Å². The summed E-state index contributed by atoms with van der Waals surface area (Å²) in [5.41, 5.74) is 0.178. The average Bonchev–Trinajstić information content (AvgIpc) is 2.76. The van der Waals surface area contributed by atoms with Crippen LogP contribution in [-0.2, 0) is 14.3 Å². The highest BCUT2D eigenvalue weighted by Crippen LogP contribution is 2.40. The minimum Gasteiger partial charge on any atom is -0.503 e. The molecule has 0 saturated carbocycles. The molecule has 1 amide bonds. The van der Waals surface area contributed by atoms with E-state index < -0.39 is 23.1 Å². The molecule has 124 valence electrons. The number of hydrogen-bond donors (Lipinski definition) is 1. The largest absolute Gasteiger partial charge is 0.503 e. The van der Waals surface area contributed by atoms with Crippen molar-refractivity contribution in [1.29, 1.82) is 0 Å². The number of ketones is 1. The lowest BCUT2D eigenvalue weighted by molar-refractivity contribution is -0.130. The summed E-state index contributed by atoms with van der Waals surface area (Å²) < 4.78 is 5.04. The molecule has 0 bridgehead atoms. The molecule has 6 nitrogen and oxygen atoms in total. The molecule has 2 rings (SSSR count). The SMILES string of the molecule is COCCN1C(=O)C(O)=C(C(=O)C(C)(C)C)C1c1ccncc1. The number of aliphatic hydroxyl groups excluding tert-OH is 1. The smallest absolute Gasteiger partial charge is 0.290 e. The van der Waals surface area contributed by atoms with Gasteiger partial charge in [0.1, 0.15) is 0 Å². The number of methoxy groups -OCH3 is 1. The summed E-state index contributed by atoms with van der Waals surface area (Å²) in [6, 6.07) is 2.87. The number of carbonyl (C=O) groups excluding carboxylic acids is 2. The van der Waals surface area contributed by atoms with Crippen LogP contribution in [0.3, 0.4) is 0 Å². The summed E-state index contributed by atoms with van der Waals surface area (Å²) in [5.74, 6) is -1.26. The second-order valence-electron chi connectivity index (χ2n) is 6.52. The fourth-order valence-corrected chi connectivity index (χ4v) is 2.60. The Labute approximate surface area is 135 Å². The molecule has 0 aliphatic carbocycles. The Morgan fingerprint density at radius 3 is 2.48 bits per heavy atom. The van der Waals surface area contributed by atoms with Gasteiger partial charge in [0.25, 0.3) is 5.91 Å². The van der Waals surface area contributed by atoms with Crippen molar-refractivity contribution < 1.29 is 19.4 Å². The van der Waals surface area contributed by atoms with Crippen molar-refractivity contribution in [3.8, 4) is 0 Å². The molecular weight excluding hydrogens is 296 g/mol. The summed E-state index contributed by atoms with van der Waals surface area (Å²) in [6.07, 6.45) is 3.20. The number of aromatic nitrogens is 1. The Hall–Kier alpha value is -2.21. The lowest BCUT2D eigenvalue weighted by Crippen LogP contribution is -2.35. The zero-order valence-electron chi connectivity index (χ0n) is 13.9. The first-order chi connectivity index (χ1) is 10.8. The normalized spacial score (nSPS) is 18.7. The van der Waals surface area contributed by atoms with Crippen LogP contribution in [0, 0.1) is 5.41 Å². The van der Waals surface area contributed by atoms with Gasteiger partial charge in [0.05, 0.1) is 18.2 Å². The van der Waals surface area contributed by atoms with Crippen LogP contribution in [0.25, 0.3) is 0 Å². The molecule has 6 heteroatoms. The third kappa shape index (κ3) is 3.27. The first-order valence-electron chi connectivity index (χ1n) is 7.46. The van der Waals surface area contributed by atoms with Crippen LogP contribution < -0.4 is 0 Å².